The van der Waals surface area contributed by atoms with Crippen molar-refractivity contribution >= 4 is 10.0 Å². The van der Waals surface area contributed by atoms with E-state index in [1.54, 1.807) is 12.1 Å². The average molecular weight is 346 g/mol. The van der Waals surface area contributed by atoms with E-state index in [4.69, 9.17) is 9.47 Å². The molecule has 1 N–H and O–H groups in total. The van der Waals surface area contributed by atoms with Gasteiger partial charge in [-0.2, -0.15) is 4.31 Å². The molecule has 4 rings (SSSR count). The lowest BCUT2D eigenvalue weighted by Crippen LogP contribution is -2.46. The molecule has 1 saturated heterocycles. The van der Waals surface area contributed by atoms with Crippen molar-refractivity contribution in [2.24, 2.45) is 0 Å². The number of fused-ring (bicyclic) bond motifs is 1. The van der Waals surface area contributed by atoms with Crippen LogP contribution in [0.3, 0.4) is 0 Å². The molecule has 2 aromatic rings. The number of ether oxygens (including phenoxy) is 2. The molecular weight excluding hydrogens is 328 g/mol. The van der Waals surface area contributed by atoms with Crippen molar-refractivity contribution < 1.29 is 17.9 Å². The summed E-state index contributed by atoms with van der Waals surface area (Å²) in [5.74, 6) is 1.42. The van der Waals surface area contributed by atoms with Gasteiger partial charge in [0, 0.05) is 31.7 Å². The lowest BCUT2D eigenvalue weighted by molar-refractivity contribution is 0.174. The van der Waals surface area contributed by atoms with Crippen LogP contribution in [0.15, 0.2) is 47.4 Å². The van der Waals surface area contributed by atoms with Gasteiger partial charge in [-0.25, -0.2) is 8.42 Å². The third-order valence-corrected chi connectivity index (χ3v) is 6.19. The molecule has 2 aliphatic rings. The Morgan fingerprint density at radius 1 is 0.958 bits per heavy atom. The van der Waals surface area contributed by atoms with Gasteiger partial charge in [0.2, 0.25) is 16.8 Å². The van der Waals surface area contributed by atoms with Crippen molar-refractivity contribution in [3.63, 3.8) is 0 Å². The quantitative estimate of drug-likeness (QED) is 0.916. The molecule has 0 bridgehead atoms. The molecule has 0 aliphatic carbocycles. The van der Waals surface area contributed by atoms with E-state index in [1.165, 1.54) is 4.31 Å². The summed E-state index contributed by atoms with van der Waals surface area (Å²) in [5, 5.41) is 3.16. The topological polar surface area (TPSA) is 67.9 Å². The van der Waals surface area contributed by atoms with Crippen LogP contribution in [0.25, 0.3) is 11.1 Å². The van der Waals surface area contributed by atoms with E-state index < -0.39 is 10.0 Å². The number of nitrogens with zero attached hydrogens (tertiary/aromatic N) is 1. The number of nitrogens with one attached hydrogen (secondary N) is 1. The summed E-state index contributed by atoms with van der Waals surface area (Å²) in [7, 11) is -3.44. The fraction of sp³-hybridized carbons (Fsp3) is 0.294. The maximum Gasteiger partial charge on any atom is 0.243 e. The van der Waals surface area contributed by atoms with Gasteiger partial charge >= 0.3 is 0 Å². The minimum Gasteiger partial charge on any atom is -0.454 e. The molecule has 0 radical (unpaired) electrons. The molecule has 126 valence electrons. The van der Waals surface area contributed by atoms with Crippen LogP contribution < -0.4 is 14.8 Å². The Labute approximate surface area is 141 Å². The van der Waals surface area contributed by atoms with E-state index in [2.05, 4.69) is 5.32 Å². The van der Waals surface area contributed by atoms with Crippen molar-refractivity contribution in [3.8, 4) is 22.6 Å². The zero-order chi connectivity index (χ0) is 16.6. The summed E-state index contributed by atoms with van der Waals surface area (Å²) in [5.41, 5.74) is 1.80. The van der Waals surface area contributed by atoms with Crippen molar-refractivity contribution in [1.29, 1.82) is 0 Å². The third-order valence-electron chi connectivity index (χ3n) is 4.28. The van der Waals surface area contributed by atoms with Crippen LogP contribution in [0.1, 0.15) is 0 Å². The Morgan fingerprint density at radius 2 is 1.71 bits per heavy atom. The predicted octanol–water partition coefficient (Wildman–Crippen LogP) is 1.68. The predicted molar refractivity (Wildman–Crippen MR) is 89.6 cm³/mol. The van der Waals surface area contributed by atoms with Crippen molar-refractivity contribution in [3.05, 3.63) is 42.5 Å². The first kappa shape index (κ1) is 15.4. The second kappa shape index (κ2) is 6.08. The fourth-order valence-electron chi connectivity index (χ4n) is 3.00. The summed E-state index contributed by atoms with van der Waals surface area (Å²) in [6.45, 7) is 2.58. The summed E-state index contributed by atoms with van der Waals surface area (Å²) in [6, 6.07) is 12.6. The molecule has 1 fully saturated rings. The van der Waals surface area contributed by atoms with Crippen LogP contribution in [0.5, 0.6) is 11.5 Å². The van der Waals surface area contributed by atoms with Crippen molar-refractivity contribution in [2.75, 3.05) is 33.0 Å². The number of rotatable bonds is 3. The first-order chi connectivity index (χ1) is 11.7. The first-order valence-corrected chi connectivity index (χ1v) is 9.30. The van der Waals surface area contributed by atoms with Crippen LogP contribution in [0, 0.1) is 0 Å². The number of piperazine rings is 1. The SMILES string of the molecule is O=S(=O)(c1ccc(-c2cccc3c2OCO3)cc1)N1CCNCC1. The maximum atomic E-state index is 12.7. The van der Waals surface area contributed by atoms with Crippen molar-refractivity contribution in [1.82, 2.24) is 9.62 Å². The molecule has 0 atom stereocenters. The van der Waals surface area contributed by atoms with Crippen LogP contribution >= 0.6 is 0 Å². The monoisotopic (exact) mass is 346 g/mol. The smallest absolute Gasteiger partial charge is 0.243 e. The second-order valence-corrected chi connectivity index (χ2v) is 7.66. The van der Waals surface area contributed by atoms with Gasteiger partial charge in [-0.05, 0) is 23.8 Å². The highest BCUT2D eigenvalue weighted by atomic mass is 32.2. The van der Waals surface area contributed by atoms with E-state index in [0.717, 1.165) is 11.1 Å². The van der Waals surface area contributed by atoms with Gasteiger partial charge < -0.3 is 14.8 Å². The average Bonchev–Trinajstić information content (AvgIpc) is 3.11. The summed E-state index contributed by atoms with van der Waals surface area (Å²) in [4.78, 5) is 0.317. The van der Waals surface area contributed by atoms with Crippen molar-refractivity contribution in [2.45, 2.75) is 4.90 Å². The number of para-hydroxylation sites is 1. The molecule has 0 amide bonds. The van der Waals surface area contributed by atoms with Gasteiger partial charge in [-0.3, -0.25) is 0 Å². The number of hydrogen-bond acceptors (Lipinski definition) is 5. The highest BCUT2D eigenvalue weighted by Crippen LogP contribution is 2.41. The third kappa shape index (κ3) is 2.64. The van der Waals surface area contributed by atoms with Gasteiger partial charge in [-0.15, -0.1) is 0 Å². The lowest BCUT2D eigenvalue weighted by atomic mass is 10.0. The van der Waals surface area contributed by atoms with Crippen LogP contribution in [0.2, 0.25) is 0 Å². The van der Waals surface area contributed by atoms with E-state index in [9.17, 15) is 8.42 Å². The van der Waals surface area contributed by atoms with Gasteiger partial charge in [0.25, 0.3) is 0 Å². The molecular formula is C17H18N2O4S. The zero-order valence-electron chi connectivity index (χ0n) is 13.1. The zero-order valence-corrected chi connectivity index (χ0v) is 13.9. The number of sulfonamides is 1. The van der Waals surface area contributed by atoms with E-state index in [-0.39, 0.29) is 6.79 Å². The summed E-state index contributed by atoms with van der Waals surface area (Å²) in [6.07, 6.45) is 0. The first-order valence-electron chi connectivity index (χ1n) is 7.86. The Morgan fingerprint density at radius 3 is 2.46 bits per heavy atom. The molecule has 24 heavy (non-hydrogen) atoms. The van der Waals surface area contributed by atoms with E-state index in [1.807, 2.05) is 30.3 Å². The minimum absolute atomic E-state index is 0.210. The highest BCUT2D eigenvalue weighted by Gasteiger charge is 2.26. The van der Waals surface area contributed by atoms with Crippen LogP contribution in [-0.2, 0) is 10.0 Å². The van der Waals surface area contributed by atoms with Gasteiger partial charge in [0.05, 0.1) is 4.90 Å². The molecule has 0 unspecified atom stereocenters. The van der Waals surface area contributed by atoms with Gasteiger partial charge in [-0.1, -0.05) is 24.3 Å². The maximum absolute atomic E-state index is 12.7. The standard InChI is InChI=1S/C17H18N2O4S/c20-24(21,19-10-8-18-9-11-19)14-6-4-13(5-7-14)15-2-1-3-16-17(15)23-12-22-16/h1-7,18H,8-12H2. The molecule has 2 aromatic carbocycles. The Balaban J connectivity index is 1.65. The van der Waals surface area contributed by atoms with Crippen LogP contribution in [-0.4, -0.2) is 45.7 Å². The number of benzene rings is 2. The number of hydrogen-bond donors (Lipinski definition) is 1. The molecule has 6 nitrogen and oxygen atoms in total. The largest absolute Gasteiger partial charge is 0.454 e. The molecule has 7 heteroatoms. The lowest BCUT2D eigenvalue weighted by Gasteiger charge is -2.26. The molecule has 0 aromatic heterocycles. The Kier molecular flexibility index (Phi) is 3.91. The van der Waals surface area contributed by atoms with Crippen LogP contribution in [0.4, 0.5) is 0 Å². The van der Waals surface area contributed by atoms with Gasteiger partial charge in [0.15, 0.2) is 11.5 Å². The Bertz CT molecular complexity index is 843. The summed E-state index contributed by atoms with van der Waals surface area (Å²) >= 11 is 0. The van der Waals surface area contributed by atoms with Gasteiger partial charge in [0.1, 0.15) is 0 Å². The fourth-order valence-corrected chi connectivity index (χ4v) is 4.44. The molecule has 0 spiro atoms. The molecule has 2 heterocycles. The highest BCUT2D eigenvalue weighted by molar-refractivity contribution is 7.89. The molecule has 2 aliphatic heterocycles. The Hall–Kier alpha value is -2.09. The minimum atomic E-state index is -3.44. The molecule has 0 saturated carbocycles. The summed E-state index contributed by atoms with van der Waals surface area (Å²) < 4.78 is 37.8. The second-order valence-electron chi connectivity index (χ2n) is 5.72. The van der Waals surface area contributed by atoms with E-state index in [0.29, 0.717) is 42.6 Å². The normalized spacial score (nSPS) is 17.8. The van der Waals surface area contributed by atoms with E-state index >= 15 is 0 Å².